The van der Waals surface area contributed by atoms with Crippen LogP contribution in [-0.4, -0.2) is 37.2 Å². The average Bonchev–Trinajstić information content (AvgIpc) is 3.45. The molecule has 0 bridgehead atoms. The highest BCUT2D eigenvalue weighted by atomic mass is 16.6. The fraction of sp³-hybridized carbons (Fsp3) is 0.877. The van der Waals surface area contributed by atoms with Gasteiger partial charge < -0.3 is 14.2 Å². The van der Waals surface area contributed by atoms with E-state index in [1.807, 2.05) is 0 Å². The number of hydrogen-bond donors (Lipinski definition) is 0. The Morgan fingerprint density at radius 2 is 0.456 bits per heavy atom. The highest BCUT2D eigenvalue weighted by Gasteiger charge is 2.19. The van der Waals surface area contributed by atoms with Crippen LogP contribution in [-0.2, 0) is 28.6 Å². The SMILES string of the molecule is CCCCCCC/C=C\C/C=C\CCCCCCCCCCCCCC(=O)OCC(COC(=O)CCCCCCC/C=C\CCCCCCCCC)OC(=O)CCCCCCCCCCCCCCCCCCCCCCCC. The summed E-state index contributed by atoms with van der Waals surface area (Å²) in [6.07, 6.45) is 84.5. The van der Waals surface area contributed by atoms with Gasteiger partial charge in [-0.15, -0.1) is 0 Å². The Bertz CT molecular complexity index is 1320. The summed E-state index contributed by atoms with van der Waals surface area (Å²) in [5.41, 5.74) is 0. The molecule has 0 spiro atoms. The lowest BCUT2D eigenvalue weighted by atomic mass is 10.0. The summed E-state index contributed by atoms with van der Waals surface area (Å²) in [6.45, 7) is 6.70. The molecule has 1 atom stereocenters. The van der Waals surface area contributed by atoms with E-state index in [0.717, 1.165) is 70.6 Å². The van der Waals surface area contributed by atoms with Crippen molar-refractivity contribution in [3.63, 3.8) is 0 Å². The molecule has 6 nitrogen and oxygen atoms in total. The quantitative estimate of drug-likeness (QED) is 0.0261. The maximum Gasteiger partial charge on any atom is 0.306 e. The van der Waals surface area contributed by atoms with E-state index in [2.05, 4.69) is 57.2 Å². The third kappa shape index (κ3) is 66.3. The lowest BCUT2D eigenvalue weighted by molar-refractivity contribution is -0.167. The van der Waals surface area contributed by atoms with E-state index in [1.54, 1.807) is 0 Å². The first kappa shape index (κ1) is 76.6. The third-order valence-electron chi connectivity index (χ3n) is 16.1. The Hall–Kier alpha value is -2.37. The van der Waals surface area contributed by atoms with Crippen LogP contribution in [0.2, 0.25) is 0 Å². The van der Waals surface area contributed by atoms with Gasteiger partial charge in [0.05, 0.1) is 0 Å². The highest BCUT2D eigenvalue weighted by Crippen LogP contribution is 2.18. The number of ether oxygens (including phenoxy) is 3. The summed E-state index contributed by atoms with van der Waals surface area (Å²) in [4.78, 5) is 38.5. The zero-order valence-corrected chi connectivity index (χ0v) is 53.4. The maximum absolute atomic E-state index is 13.0. The molecule has 0 rings (SSSR count). The number of rotatable bonds is 66. The zero-order chi connectivity index (χ0) is 57.1. The number of unbranched alkanes of at least 4 members (excludes halogenated alkanes) is 49. The second-order valence-corrected chi connectivity index (χ2v) is 24.1. The molecule has 464 valence electrons. The predicted octanol–water partition coefficient (Wildman–Crippen LogP) is 24.3. The fourth-order valence-electron chi connectivity index (χ4n) is 10.8. The minimum Gasteiger partial charge on any atom is -0.462 e. The number of carbonyl (C=O) groups excluding carboxylic acids is 3. The van der Waals surface area contributed by atoms with E-state index in [0.29, 0.717) is 19.3 Å². The summed E-state index contributed by atoms with van der Waals surface area (Å²) in [7, 11) is 0. The summed E-state index contributed by atoms with van der Waals surface area (Å²) in [6, 6.07) is 0. The van der Waals surface area contributed by atoms with Crippen molar-refractivity contribution < 1.29 is 28.6 Å². The van der Waals surface area contributed by atoms with Crippen LogP contribution < -0.4 is 0 Å². The average molecular weight is 1110 g/mol. The molecule has 0 saturated heterocycles. The van der Waals surface area contributed by atoms with Crippen molar-refractivity contribution in [1.29, 1.82) is 0 Å². The number of allylic oxidation sites excluding steroid dienone is 6. The van der Waals surface area contributed by atoms with E-state index in [1.165, 1.54) is 283 Å². The molecule has 0 N–H and O–H groups in total. The van der Waals surface area contributed by atoms with Crippen molar-refractivity contribution in [3.05, 3.63) is 36.5 Å². The molecule has 0 saturated carbocycles. The Labute approximate surface area is 493 Å². The van der Waals surface area contributed by atoms with Gasteiger partial charge in [-0.1, -0.05) is 333 Å². The molecule has 0 aliphatic heterocycles. The molecule has 1 unspecified atom stereocenters. The summed E-state index contributed by atoms with van der Waals surface area (Å²) in [5, 5.41) is 0. The van der Waals surface area contributed by atoms with Crippen LogP contribution in [0.15, 0.2) is 36.5 Å². The van der Waals surface area contributed by atoms with E-state index in [4.69, 9.17) is 14.2 Å². The normalized spacial score (nSPS) is 12.2. The minimum atomic E-state index is -0.775. The molecule has 0 fully saturated rings. The van der Waals surface area contributed by atoms with Crippen molar-refractivity contribution in [3.8, 4) is 0 Å². The lowest BCUT2D eigenvalue weighted by Gasteiger charge is -2.18. The summed E-state index contributed by atoms with van der Waals surface area (Å²) in [5.74, 6) is -0.851. The van der Waals surface area contributed by atoms with Gasteiger partial charge in [0.2, 0.25) is 0 Å². The van der Waals surface area contributed by atoms with Crippen LogP contribution in [0, 0.1) is 0 Å². The molecule has 0 aromatic rings. The van der Waals surface area contributed by atoms with Gasteiger partial charge in [-0.05, 0) is 77.0 Å². The van der Waals surface area contributed by atoms with Gasteiger partial charge in [0, 0.05) is 19.3 Å². The number of esters is 3. The van der Waals surface area contributed by atoms with Crippen LogP contribution in [0.25, 0.3) is 0 Å². The van der Waals surface area contributed by atoms with Gasteiger partial charge in [0.25, 0.3) is 0 Å². The zero-order valence-electron chi connectivity index (χ0n) is 53.4. The van der Waals surface area contributed by atoms with Crippen LogP contribution in [0.4, 0.5) is 0 Å². The van der Waals surface area contributed by atoms with Gasteiger partial charge >= 0.3 is 17.9 Å². The molecule has 0 aliphatic rings. The van der Waals surface area contributed by atoms with E-state index >= 15 is 0 Å². The van der Waals surface area contributed by atoms with Gasteiger partial charge in [-0.25, -0.2) is 0 Å². The lowest BCUT2D eigenvalue weighted by Crippen LogP contribution is -2.30. The topological polar surface area (TPSA) is 78.9 Å². The molecule has 0 aliphatic carbocycles. The van der Waals surface area contributed by atoms with Gasteiger partial charge in [-0.2, -0.15) is 0 Å². The van der Waals surface area contributed by atoms with Gasteiger partial charge in [-0.3, -0.25) is 14.4 Å². The summed E-state index contributed by atoms with van der Waals surface area (Å²) >= 11 is 0. The monoisotopic (exact) mass is 1110 g/mol. The predicted molar refractivity (Wildman–Crippen MR) is 344 cm³/mol. The summed E-state index contributed by atoms with van der Waals surface area (Å²) < 4.78 is 17.0. The maximum atomic E-state index is 13.0. The molecule has 0 heterocycles. The van der Waals surface area contributed by atoms with Crippen LogP contribution in [0.5, 0.6) is 0 Å². The van der Waals surface area contributed by atoms with Crippen LogP contribution >= 0.6 is 0 Å². The Morgan fingerprint density at radius 3 is 0.709 bits per heavy atom. The van der Waals surface area contributed by atoms with Crippen molar-refractivity contribution in [1.82, 2.24) is 0 Å². The third-order valence-corrected chi connectivity index (χ3v) is 16.1. The Kier molecular flexibility index (Phi) is 66.1. The molecular weight excluding hydrogens is 973 g/mol. The molecule has 79 heavy (non-hydrogen) atoms. The first-order valence-electron chi connectivity index (χ1n) is 35.5. The van der Waals surface area contributed by atoms with Crippen LogP contribution in [0.3, 0.4) is 0 Å². The van der Waals surface area contributed by atoms with Crippen molar-refractivity contribution >= 4 is 17.9 Å². The fourth-order valence-corrected chi connectivity index (χ4v) is 10.8. The Morgan fingerprint density at radius 1 is 0.253 bits per heavy atom. The van der Waals surface area contributed by atoms with Gasteiger partial charge in [0.1, 0.15) is 13.2 Å². The molecular formula is C73H136O6. The van der Waals surface area contributed by atoms with Crippen molar-refractivity contribution in [2.75, 3.05) is 13.2 Å². The van der Waals surface area contributed by atoms with E-state index in [9.17, 15) is 14.4 Å². The first-order valence-corrected chi connectivity index (χ1v) is 35.5. The van der Waals surface area contributed by atoms with E-state index in [-0.39, 0.29) is 31.1 Å². The Balaban J connectivity index is 4.30. The number of carbonyl (C=O) groups is 3. The largest absolute Gasteiger partial charge is 0.462 e. The van der Waals surface area contributed by atoms with Crippen molar-refractivity contribution in [2.24, 2.45) is 0 Å². The molecule has 0 aromatic heterocycles. The first-order chi connectivity index (χ1) is 39.0. The second-order valence-electron chi connectivity index (χ2n) is 24.1. The molecule has 0 amide bonds. The van der Waals surface area contributed by atoms with Crippen molar-refractivity contribution in [2.45, 2.75) is 399 Å². The molecule has 6 heteroatoms. The van der Waals surface area contributed by atoms with Crippen LogP contribution in [0.1, 0.15) is 393 Å². The van der Waals surface area contributed by atoms with E-state index < -0.39 is 6.10 Å². The standard InChI is InChI=1S/C73H136O6/c1-4-7-10-13-16-19-22-25-28-31-33-35-37-39-40-42-45-48-51-54-57-60-63-66-72(75)78-69-70(68-77-71(74)65-62-59-56-53-50-47-44-30-27-24-21-18-15-12-9-6-3)79-73(76)67-64-61-58-55-52-49-46-43-41-38-36-34-32-29-26-23-20-17-14-11-8-5-2/h22,25,30-31,33,44,70H,4-21,23-24,26-29,32,34-43,45-69H2,1-3H3/b25-22-,33-31-,44-30-. The molecule has 0 radical (unpaired) electrons. The smallest absolute Gasteiger partial charge is 0.306 e. The highest BCUT2D eigenvalue weighted by molar-refractivity contribution is 5.71. The second kappa shape index (κ2) is 68.1. The minimum absolute atomic E-state index is 0.0711. The van der Waals surface area contributed by atoms with Gasteiger partial charge in [0.15, 0.2) is 6.10 Å². The number of hydrogen-bond acceptors (Lipinski definition) is 6. The molecule has 0 aromatic carbocycles.